The molecule has 4 rings (SSSR count). The molecule has 2 aliphatic heterocycles. The lowest BCUT2D eigenvalue weighted by Gasteiger charge is -2.39. The molecule has 2 aromatic carbocycles. The molecule has 1 saturated heterocycles. The average Bonchev–Trinajstić information content (AvgIpc) is 2.95. The number of imide groups is 1. The van der Waals surface area contributed by atoms with Gasteiger partial charge in [-0.2, -0.15) is 0 Å². The Kier molecular flexibility index (Phi) is 9.14. The Bertz CT molecular complexity index is 1290. The van der Waals surface area contributed by atoms with Crippen molar-refractivity contribution in [2.45, 2.75) is 38.1 Å². The Morgan fingerprint density at radius 1 is 1.00 bits per heavy atom. The van der Waals surface area contributed by atoms with Gasteiger partial charge in [-0.1, -0.05) is 18.2 Å². The number of methoxy groups -OCH3 is 1. The van der Waals surface area contributed by atoms with Gasteiger partial charge in [0.25, 0.3) is 5.91 Å². The van der Waals surface area contributed by atoms with Crippen LogP contribution in [0.2, 0.25) is 0 Å². The molecule has 4 amide bonds. The first-order valence-electron chi connectivity index (χ1n) is 13.2. The Hall–Kier alpha value is -3.86. The number of urea groups is 1. The summed E-state index contributed by atoms with van der Waals surface area (Å²) in [4.78, 5) is 43.2. The fourth-order valence-corrected chi connectivity index (χ4v) is 5.32. The first-order chi connectivity index (χ1) is 19.1. The number of rotatable bonds is 7. The van der Waals surface area contributed by atoms with Gasteiger partial charge in [-0.3, -0.25) is 4.79 Å². The van der Waals surface area contributed by atoms with E-state index >= 15 is 0 Å². The Morgan fingerprint density at radius 3 is 2.27 bits per heavy atom. The van der Waals surface area contributed by atoms with E-state index in [0.717, 1.165) is 67.1 Å². The predicted molar refractivity (Wildman–Crippen MR) is 142 cm³/mol. The summed E-state index contributed by atoms with van der Waals surface area (Å²) >= 11 is 0. The number of nitrogens with zero attached hydrogens (tertiary/aromatic N) is 3. The van der Waals surface area contributed by atoms with Crippen LogP contribution in [-0.2, 0) is 9.53 Å². The molecule has 2 heterocycles. The summed E-state index contributed by atoms with van der Waals surface area (Å²) in [5.74, 6) is -2.65. The zero-order valence-electron chi connectivity index (χ0n) is 22.8. The van der Waals surface area contributed by atoms with Gasteiger partial charge in [0.1, 0.15) is 11.9 Å². The highest BCUT2D eigenvalue weighted by molar-refractivity contribution is 6.02. The number of carbonyl (C=O) groups is 3. The SMILES string of the molecule is COC(=O)N1C(=O)N(C)C(C)=C(C(=O)NCCCN2CCC(c3ccc(F)cc3)CC2)[C@H]1c1ccc(F)c(F)c1. The smallest absolute Gasteiger partial charge is 0.418 e. The number of nitrogens with one attached hydrogen (secondary N) is 1. The molecule has 1 fully saturated rings. The topological polar surface area (TPSA) is 82.2 Å². The van der Waals surface area contributed by atoms with Crippen LogP contribution < -0.4 is 5.32 Å². The number of halogens is 3. The third-order valence-corrected chi connectivity index (χ3v) is 7.66. The van der Waals surface area contributed by atoms with Crippen LogP contribution in [0.25, 0.3) is 0 Å². The normalized spacial score (nSPS) is 18.8. The van der Waals surface area contributed by atoms with Crippen LogP contribution in [0, 0.1) is 17.5 Å². The zero-order valence-corrected chi connectivity index (χ0v) is 22.8. The number of carbonyl (C=O) groups excluding carboxylic acids is 3. The molecule has 0 spiro atoms. The zero-order chi connectivity index (χ0) is 29.0. The molecule has 0 bridgehead atoms. The highest BCUT2D eigenvalue weighted by Gasteiger charge is 2.44. The van der Waals surface area contributed by atoms with Crippen molar-refractivity contribution in [3.8, 4) is 0 Å². The van der Waals surface area contributed by atoms with Crippen LogP contribution in [0.15, 0.2) is 53.7 Å². The maximum absolute atomic E-state index is 14.2. The van der Waals surface area contributed by atoms with Gasteiger partial charge < -0.3 is 19.9 Å². The van der Waals surface area contributed by atoms with Crippen molar-refractivity contribution in [3.63, 3.8) is 0 Å². The van der Waals surface area contributed by atoms with Crippen LogP contribution in [0.4, 0.5) is 22.8 Å². The molecule has 40 heavy (non-hydrogen) atoms. The fourth-order valence-electron chi connectivity index (χ4n) is 5.32. The molecule has 1 atom stereocenters. The molecule has 0 aliphatic carbocycles. The molecule has 2 aromatic rings. The molecule has 0 radical (unpaired) electrons. The molecule has 0 unspecified atom stereocenters. The highest BCUT2D eigenvalue weighted by Crippen LogP contribution is 2.37. The maximum atomic E-state index is 14.2. The summed E-state index contributed by atoms with van der Waals surface area (Å²) in [5, 5.41) is 2.86. The van der Waals surface area contributed by atoms with E-state index in [0.29, 0.717) is 18.9 Å². The standard InChI is InChI=1S/C29H33F3N4O4/c1-18-25(26(21-7-10-23(31)24(32)17-21)36(29(39)40-3)28(38)34(18)2)27(37)33-13-4-14-35-15-11-20(12-16-35)19-5-8-22(30)9-6-19/h5-10,17,20,26H,4,11-16H2,1-3H3,(H,33,37)/t26-/m1/s1. The predicted octanol–water partition coefficient (Wildman–Crippen LogP) is 4.94. The average molecular weight is 559 g/mol. The minimum absolute atomic E-state index is 0.0543. The van der Waals surface area contributed by atoms with Gasteiger partial charge in [0.15, 0.2) is 11.6 Å². The fraction of sp³-hybridized carbons (Fsp3) is 0.414. The Balaban J connectivity index is 1.41. The van der Waals surface area contributed by atoms with E-state index in [2.05, 4.69) is 10.2 Å². The van der Waals surface area contributed by atoms with Crippen LogP contribution in [0.5, 0.6) is 0 Å². The van der Waals surface area contributed by atoms with Gasteiger partial charge >= 0.3 is 12.1 Å². The number of hydrogen-bond donors (Lipinski definition) is 1. The summed E-state index contributed by atoms with van der Waals surface area (Å²) in [6.07, 6.45) is 1.55. The molecule has 214 valence electrons. The van der Waals surface area contributed by atoms with Gasteiger partial charge in [0.05, 0.1) is 12.7 Å². The lowest BCUT2D eigenvalue weighted by molar-refractivity contribution is -0.118. The van der Waals surface area contributed by atoms with E-state index in [1.165, 1.54) is 25.2 Å². The number of amides is 4. The first-order valence-corrected chi connectivity index (χ1v) is 13.2. The summed E-state index contributed by atoms with van der Waals surface area (Å²) in [6, 6.07) is 7.56. The van der Waals surface area contributed by atoms with Crippen molar-refractivity contribution in [2.24, 2.45) is 0 Å². The lowest BCUT2D eigenvalue weighted by Crippen LogP contribution is -2.52. The van der Waals surface area contributed by atoms with Crippen molar-refractivity contribution in [3.05, 3.63) is 82.3 Å². The molecule has 0 aromatic heterocycles. The minimum atomic E-state index is -1.31. The molecule has 8 nitrogen and oxygen atoms in total. The van der Waals surface area contributed by atoms with Gasteiger partial charge in [-0.25, -0.2) is 27.7 Å². The highest BCUT2D eigenvalue weighted by atomic mass is 19.2. The quantitative estimate of drug-likeness (QED) is 0.487. The van der Waals surface area contributed by atoms with Crippen molar-refractivity contribution in [1.29, 1.82) is 0 Å². The monoisotopic (exact) mass is 558 g/mol. The third kappa shape index (κ3) is 6.14. The molecule has 11 heteroatoms. The largest absolute Gasteiger partial charge is 0.452 e. The van der Waals surface area contributed by atoms with E-state index in [9.17, 15) is 27.6 Å². The number of hydrogen-bond acceptors (Lipinski definition) is 5. The third-order valence-electron chi connectivity index (χ3n) is 7.66. The van der Waals surface area contributed by atoms with Crippen molar-refractivity contribution in [2.75, 3.05) is 40.3 Å². The molecule has 1 N–H and O–H groups in total. The van der Waals surface area contributed by atoms with E-state index in [1.54, 1.807) is 6.92 Å². The Morgan fingerprint density at radius 2 is 1.65 bits per heavy atom. The van der Waals surface area contributed by atoms with Crippen LogP contribution >= 0.6 is 0 Å². The molecule has 2 aliphatic rings. The van der Waals surface area contributed by atoms with Gasteiger partial charge in [0, 0.05) is 19.3 Å². The van der Waals surface area contributed by atoms with Crippen LogP contribution in [-0.4, -0.2) is 73.1 Å². The summed E-state index contributed by atoms with van der Waals surface area (Å²) < 4.78 is 45.8. The number of allylic oxidation sites excluding steroid dienone is 1. The van der Waals surface area contributed by atoms with E-state index < -0.39 is 35.7 Å². The number of benzene rings is 2. The van der Waals surface area contributed by atoms with Crippen LogP contribution in [0.3, 0.4) is 0 Å². The van der Waals surface area contributed by atoms with Crippen molar-refractivity contribution in [1.82, 2.24) is 20.0 Å². The summed E-state index contributed by atoms with van der Waals surface area (Å²) in [7, 11) is 2.50. The number of piperidine rings is 1. The van der Waals surface area contributed by atoms with Crippen molar-refractivity contribution < 1.29 is 32.3 Å². The molecular formula is C29H33F3N4O4. The van der Waals surface area contributed by atoms with Gasteiger partial charge in [-0.15, -0.1) is 0 Å². The summed E-state index contributed by atoms with van der Waals surface area (Å²) in [6.45, 7) is 4.42. The second kappa shape index (κ2) is 12.5. The maximum Gasteiger partial charge on any atom is 0.418 e. The first kappa shape index (κ1) is 29.1. The Labute approximate surface area is 231 Å². The number of ether oxygens (including phenoxy) is 1. The summed E-state index contributed by atoms with van der Waals surface area (Å²) in [5.41, 5.74) is 1.53. The second-order valence-corrected chi connectivity index (χ2v) is 10.0. The minimum Gasteiger partial charge on any atom is -0.452 e. The van der Waals surface area contributed by atoms with E-state index in [4.69, 9.17) is 4.74 Å². The van der Waals surface area contributed by atoms with Gasteiger partial charge in [-0.05, 0) is 87.1 Å². The van der Waals surface area contributed by atoms with Crippen molar-refractivity contribution >= 4 is 18.0 Å². The molecule has 0 saturated carbocycles. The van der Waals surface area contributed by atoms with Crippen LogP contribution in [0.1, 0.15) is 49.3 Å². The lowest BCUT2D eigenvalue weighted by atomic mass is 9.89. The van der Waals surface area contributed by atoms with E-state index in [1.807, 2.05) is 12.1 Å². The number of likely N-dealkylation sites (tertiary alicyclic amines) is 1. The second-order valence-electron chi connectivity index (χ2n) is 10.0. The van der Waals surface area contributed by atoms with Gasteiger partial charge in [0.2, 0.25) is 0 Å². The van der Waals surface area contributed by atoms with E-state index in [-0.39, 0.29) is 22.7 Å². The molecular weight excluding hydrogens is 525 g/mol.